The minimum absolute atomic E-state index is 0.152. The third kappa shape index (κ3) is 9.03. The molecule has 0 aromatic heterocycles. The highest BCUT2D eigenvalue weighted by atomic mass is 16.3. The average molecular weight is 291 g/mol. The number of aldehydes is 1. The van der Waals surface area contributed by atoms with Crippen LogP contribution in [-0.2, 0) is 4.79 Å². The topological polar surface area (TPSA) is 40.5 Å². The molecule has 0 rings (SSSR count). The molecule has 0 aromatic rings. The van der Waals surface area contributed by atoms with Gasteiger partial charge in [-0.05, 0) is 45.3 Å². The molecule has 0 aliphatic rings. The first-order valence-corrected chi connectivity index (χ1v) is 7.28. The van der Waals surface area contributed by atoms with E-state index in [9.17, 15) is 9.90 Å². The number of aliphatic hydroxyl groups excluding tert-OH is 1. The summed E-state index contributed by atoms with van der Waals surface area (Å²) < 4.78 is 0. The normalized spacial score (nSPS) is 12.0. The Morgan fingerprint density at radius 1 is 1.19 bits per heavy atom. The van der Waals surface area contributed by atoms with Crippen LogP contribution in [0.15, 0.2) is 47.7 Å². The van der Waals surface area contributed by atoms with E-state index < -0.39 is 6.10 Å². The molecule has 0 heterocycles. The molecule has 0 radical (unpaired) electrons. The Morgan fingerprint density at radius 2 is 1.81 bits per heavy atom. The molecule has 0 saturated carbocycles. The molecule has 0 saturated heterocycles. The maximum absolute atomic E-state index is 10.4. The largest absolute Gasteiger partial charge is 0.391 e. The second kappa shape index (κ2) is 10.2. The fourth-order valence-electron chi connectivity index (χ4n) is 1.79. The molecule has 0 amide bonds. The van der Waals surface area contributed by atoms with Gasteiger partial charge in [-0.25, -0.2) is 0 Å². The summed E-state index contributed by atoms with van der Waals surface area (Å²) in [4.78, 5) is 12.2. The SMILES string of the molecule is C=C(C)CCC(/C=C\C(=C)N(C)CC(O)CC=O)=C(C)C. The second-order valence-corrected chi connectivity index (χ2v) is 5.74. The summed E-state index contributed by atoms with van der Waals surface area (Å²) in [6.07, 6.45) is 6.21. The van der Waals surface area contributed by atoms with Gasteiger partial charge in [-0.2, -0.15) is 0 Å². The second-order valence-electron chi connectivity index (χ2n) is 5.74. The number of allylic oxidation sites excluding steroid dienone is 5. The molecule has 0 bridgehead atoms. The number of hydrogen-bond donors (Lipinski definition) is 1. The molecule has 1 unspecified atom stereocenters. The number of carbonyl (C=O) groups is 1. The van der Waals surface area contributed by atoms with Crippen LogP contribution in [-0.4, -0.2) is 36.0 Å². The van der Waals surface area contributed by atoms with Gasteiger partial charge in [0.05, 0.1) is 6.10 Å². The Hall–Kier alpha value is -1.61. The third-order valence-corrected chi connectivity index (χ3v) is 3.28. The van der Waals surface area contributed by atoms with E-state index in [1.165, 1.54) is 16.7 Å². The quantitative estimate of drug-likeness (QED) is 0.379. The Bertz CT molecular complexity index is 428. The first kappa shape index (κ1) is 19.4. The maximum Gasteiger partial charge on any atom is 0.122 e. The summed E-state index contributed by atoms with van der Waals surface area (Å²) in [6, 6.07) is 0. The van der Waals surface area contributed by atoms with Crippen LogP contribution in [0.4, 0.5) is 0 Å². The van der Waals surface area contributed by atoms with Gasteiger partial charge >= 0.3 is 0 Å². The van der Waals surface area contributed by atoms with E-state index >= 15 is 0 Å². The number of carbonyl (C=O) groups excluding carboxylic acids is 1. The number of rotatable bonds is 10. The van der Waals surface area contributed by atoms with Crippen molar-refractivity contribution >= 4 is 6.29 Å². The van der Waals surface area contributed by atoms with Crippen molar-refractivity contribution in [2.75, 3.05) is 13.6 Å². The van der Waals surface area contributed by atoms with Crippen molar-refractivity contribution in [1.82, 2.24) is 4.90 Å². The molecule has 0 aromatic carbocycles. The van der Waals surface area contributed by atoms with Crippen molar-refractivity contribution in [2.45, 2.75) is 46.1 Å². The zero-order chi connectivity index (χ0) is 16.4. The lowest BCUT2D eigenvalue weighted by atomic mass is 10.0. The third-order valence-electron chi connectivity index (χ3n) is 3.28. The molecular weight excluding hydrogens is 262 g/mol. The van der Waals surface area contributed by atoms with Crippen LogP contribution in [0.1, 0.15) is 40.0 Å². The predicted molar refractivity (Wildman–Crippen MR) is 90.0 cm³/mol. The van der Waals surface area contributed by atoms with E-state index in [2.05, 4.69) is 33.1 Å². The summed E-state index contributed by atoms with van der Waals surface area (Å²) in [5.74, 6) is 0. The first-order chi connectivity index (χ1) is 9.77. The number of likely N-dealkylation sites (N-methyl/N-ethyl adjacent to an activating group) is 1. The Labute approximate surface area is 129 Å². The Kier molecular flexibility index (Phi) is 9.39. The van der Waals surface area contributed by atoms with Gasteiger partial charge in [0, 0.05) is 25.7 Å². The van der Waals surface area contributed by atoms with Crippen LogP contribution >= 0.6 is 0 Å². The van der Waals surface area contributed by atoms with Gasteiger partial charge in [-0.15, -0.1) is 6.58 Å². The molecule has 0 spiro atoms. The summed E-state index contributed by atoms with van der Waals surface area (Å²) in [7, 11) is 1.86. The molecular formula is C18H29NO2. The van der Waals surface area contributed by atoms with Crippen LogP contribution in [0.5, 0.6) is 0 Å². The Balaban J connectivity index is 4.60. The van der Waals surface area contributed by atoms with Gasteiger partial charge < -0.3 is 14.8 Å². The average Bonchev–Trinajstić information content (AvgIpc) is 2.37. The summed E-state index contributed by atoms with van der Waals surface area (Å²) in [5, 5.41) is 9.62. The van der Waals surface area contributed by atoms with Crippen LogP contribution in [0.3, 0.4) is 0 Å². The molecule has 21 heavy (non-hydrogen) atoms. The van der Waals surface area contributed by atoms with Gasteiger partial charge in [0.1, 0.15) is 6.29 Å². The summed E-state index contributed by atoms with van der Waals surface area (Å²) in [6.45, 7) is 14.6. The predicted octanol–water partition coefficient (Wildman–Crippen LogP) is 3.63. The lowest BCUT2D eigenvalue weighted by molar-refractivity contribution is -0.109. The highest BCUT2D eigenvalue weighted by Crippen LogP contribution is 2.16. The van der Waals surface area contributed by atoms with Crippen LogP contribution in [0.2, 0.25) is 0 Å². The van der Waals surface area contributed by atoms with Crippen LogP contribution < -0.4 is 0 Å². The highest BCUT2D eigenvalue weighted by Gasteiger charge is 2.07. The number of aliphatic hydroxyl groups is 1. The van der Waals surface area contributed by atoms with Crippen molar-refractivity contribution in [3.63, 3.8) is 0 Å². The minimum atomic E-state index is -0.649. The lowest BCUT2D eigenvalue weighted by Gasteiger charge is -2.22. The number of nitrogens with zero attached hydrogens (tertiary/aromatic N) is 1. The van der Waals surface area contributed by atoms with Gasteiger partial charge in [0.25, 0.3) is 0 Å². The monoisotopic (exact) mass is 291 g/mol. The van der Waals surface area contributed by atoms with Crippen LogP contribution in [0.25, 0.3) is 0 Å². The van der Waals surface area contributed by atoms with Crippen molar-refractivity contribution in [3.05, 3.63) is 47.7 Å². The molecule has 3 heteroatoms. The van der Waals surface area contributed by atoms with E-state index in [1.807, 2.05) is 24.9 Å². The zero-order valence-electron chi connectivity index (χ0n) is 13.9. The molecule has 3 nitrogen and oxygen atoms in total. The van der Waals surface area contributed by atoms with Gasteiger partial charge in [-0.1, -0.05) is 23.8 Å². The Morgan fingerprint density at radius 3 is 2.29 bits per heavy atom. The van der Waals surface area contributed by atoms with E-state index in [0.29, 0.717) is 6.54 Å². The van der Waals surface area contributed by atoms with E-state index in [-0.39, 0.29) is 6.42 Å². The fraction of sp³-hybridized carbons (Fsp3) is 0.500. The van der Waals surface area contributed by atoms with E-state index in [1.54, 1.807) is 0 Å². The standard InChI is InChI=1S/C18H29NO2/c1-14(2)7-9-17(15(3)4)10-8-16(5)19(6)13-18(21)11-12-20/h8,10,12,18,21H,1,5,7,9,11,13H2,2-4,6H3/b10-8-. The zero-order valence-corrected chi connectivity index (χ0v) is 13.9. The smallest absolute Gasteiger partial charge is 0.122 e. The molecule has 1 N–H and O–H groups in total. The van der Waals surface area contributed by atoms with Crippen molar-refractivity contribution < 1.29 is 9.90 Å². The molecule has 0 aliphatic heterocycles. The van der Waals surface area contributed by atoms with E-state index in [4.69, 9.17) is 0 Å². The fourth-order valence-corrected chi connectivity index (χ4v) is 1.79. The summed E-state index contributed by atoms with van der Waals surface area (Å²) >= 11 is 0. The number of hydrogen-bond acceptors (Lipinski definition) is 3. The van der Waals surface area contributed by atoms with Crippen LogP contribution in [0, 0.1) is 0 Å². The molecule has 118 valence electrons. The van der Waals surface area contributed by atoms with Crippen molar-refractivity contribution in [3.8, 4) is 0 Å². The van der Waals surface area contributed by atoms with E-state index in [0.717, 1.165) is 24.8 Å². The first-order valence-electron chi connectivity index (χ1n) is 7.28. The molecule has 0 fully saturated rings. The van der Waals surface area contributed by atoms with Crippen molar-refractivity contribution in [2.24, 2.45) is 0 Å². The minimum Gasteiger partial charge on any atom is -0.391 e. The highest BCUT2D eigenvalue weighted by molar-refractivity contribution is 5.50. The van der Waals surface area contributed by atoms with Gasteiger partial charge in [0.2, 0.25) is 0 Å². The van der Waals surface area contributed by atoms with Gasteiger partial charge in [0.15, 0.2) is 0 Å². The van der Waals surface area contributed by atoms with Gasteiger partial charge in [-0.3, -0.25) is 0 Å². The van der Waals surface area contributed by atoms with Crippen molar-refractivity contribution in [1.29, 1.82) is 0 Å². The molecule has 0 aliphatic carbocycles. The maximum atomic E-state index is 10.4. The molecule has 1 atom stereocenters. The lowest BCUT2D eigenvalue weighted by Crippen LogP contribution is -2.28. The summed E-state index contributed by atoms with van der Waals surface area (Å²) in [5.41, 5.74) is 4.55.